The molecule has 3 aromatic heterocycles. The molecule has 0 saturated carbocycles. The minimum atomic E-state index is 0.565. The second kappa shape index (κ2) is 11.7. The van der Waals surface area contributed by atoms with Crippen LogP contribution in [0.4, 0.5) is 0 Å². The summed E-state index contributed by atoms with van der Waals surface area (Å²) in [4.78, 5) is 5.23. The molecule has 0 aliphatic carbocycles. The molecule has 3 heterocycles. The first-order chi connectivity index (χ1) is 26.2. The van der Waals surface area contributed by atoms with Gasteiger partial charge in [-0.2, -0.15) is 0 Å². The second-order valence-electron chi connectivity index (χ2n) is 13.5. The first-order valence-corrected chi connectivity index (χ1v) is 17.8. The van der Waals surface area contributed by atoms with Crippen LogP contribution >= 0.6 is 0 Å². The van der Waals surface area contributed by atoms with E-state index in [1.165, 1.54) is 0 Å². The number of oxazole rings is 1. The lowest BCUT2D eigenvalue weighted by molar-refractivity contribution is 0.620. The molecule has 0 saturated heterocycles. The zero-order chi connectivity index (χ0) is 34.9. The summed E-state index contributed by atoms with van der Waals surface area (Å²) in [7, 11) is 0. The van der Waals surface area contributed by atoms with Gasteiger partial charge >= 0.3 is 0 Å². The van der Waals surface area contributed by atoms with Crippen LogP contribution in [0.25, 0.3) is 111 Å². The van der Waals surface area contributed by atoms with Crippen LogP contribution in [0.1, 0.15) is 0 Å². The van der Waals surface area contributed by atoms with Crippen molar-refractivity contribution in [1.82, 2.24) is 4.98 Å². The smallest absolute Gasteiger partial charge is 0.227 e. The largest absolute Gasteiger partial charge is 0.456 e. The standard InChI is InChI=1S/C49H29NO3/c1-3-11-30(12-4-1)36-28-40(31-13-5-2-6-14-31)48-47(29-36)53-49(50-48)37-24-34(32-19-21-45-41(26-32)38-15-7-9-17-43(38)51-45)23-35(25-37)33-20-22-46-42(27-33)39-16-8-10-18-44(39)52-46/h1-29H. The summed E-state index contributed by atoms with van der Waals surface area (Å²) >= 11 is 0. The molecule has 53 heavy (non-hydrogen) atoms. The molecular weight excluding hydrogens is 651 g/mol. The molecule has 4 nitrogen and oxygen atoms in total. The molecule has 0 radical (unpaired) electrons. The highest BCUT2D eigenvalue weighted by atomic mass is 16.3. The molecule has 0 N–H and O–H groups in total. The molecule has 0 fully saturated rings. The Morgan fingerprint density at radius 1 is 0.283 bits per heavy atom. The van der Waals surface area contributed by atoms with Crippen molar-refractivity contribution in [1.29, 1.82) is 0 Å². The van der Waals surface area contributed by atoms with Gasteiger partial charge < -0.3 is 13.3 Å². The maximum Gasteiger partial charge on any atom is 0.227 e. The van der Waals surface area contributed by atoms with Gasteiger partial charge in [-0.1, -0.05) is 109 Å². The molecule has 11 aromatic rings. The summed E-state index contributed by atoms with van der Waals surface area (Å²) in [5.41, 5.74) is 14.5. The van der Waals surface area contributed by atoms with Gasteiger partial charge in [0.15, 0.2) is 5.58 Å². The van der Waals surface area contributed by atoms with E-state index in [-0.39, 0.29) is 0 Å². The SMILES string of the molecule is c1ccc(-c2cc(-c3ccccc3)c3nc(-c4cc(-c5ccc6oc7ccccc7c6c5)cc(-c5ccc6oc7ccccc7c6c5)c4)oc3c2)cc1. The van der Waals surface area contributed by atoms with Crippen molar-refractivity contribution in [3.05, 3.63) is 176 Å². The minimum absolute atomic E-state index is 0.565. The molecule has 0 atom stereocenters. The van der Waals surface area contributed by atoms with Crippen LogP contribution in [0, 0.1) is 0 Å². The van der Waals surface area contributed by atoms with Crippen molar-refractivity contribution >= 4 is 55.0 Å². The summed E-state index contributed by atoms with van der Waals surface area (Å²) in [5, 5.41) is 4.36. The van der Waals surface area contributed by atoms with Crippen LogP contribution in [0.5, 0.6) is 0 Å². The Balaban J connectivity index is 1.14. The average molecular weight is 680 g/mol. The molecule has 0 spiro atoms. The van der Waals surface area contributed by atoms with Gasteiger partial charge in [-0.15, -0.1) is 0 Å². The van der Waals surface area contributed by atoms with Crippen molar-refractivity contribution in [2.75, 3.05) is 0 Å². The lowest BCUT2D eigenvalue weighted by atomic mass is 9.94. The first kappa shape index (κ1) is 29.5. The van der Waals surface area contributed by atoms with Crippen LogP contribution in [0.15, 0.2) is 189 Å². The Bertz CT molecular complexity index is 3030. The molecule has 0 bridgehead atoms. The van der Waals surface area contributed by atoms with Gasteiger partial charge in [0, 0.05) is 32.7 Å². The Morgan fingerprint density at radius 3 is 1.38 bits per heavy atom. The quantitative estimate of drug-likeness (QED) is 0.182. The summed E-state index contributed by atoms with van der Waals surface area (Å²) in [6.07, 6.45) is 0. The summed E-state index contributed by atoms with van der Waals surface area (Å²) in [6.45, 7) is 0. The highest BCUT2D eigenvalue weighted by molar-refractivity contribution is 6.08. The highest BCUT2D eigenvalue weighted by Gasteiger charge is 2.19. The fraction of sp³-hybridized carbons (Fsp3) is 0. The van der Waals surface area contributed by atoms with Crippen LogP contribution in [0.3, 0.4) is 0 Å². The van der Waals surface area contributed by atoms with Gasteiger partial charge in [-0.05, 0) is 106 Å². The van der Waals surface area contributed by atoms with Crippen molar-refractivity contribution < 1.29 is 13.3 Å². The van der Waals surface area contributed by atoms with Crippen molar-refractivity contribution in [3.8, 4) is 56.0 Å². The number of fused-ring (bicyclic) bond motifs is 7. The van der Waals surface area contributed by atoms with E-state index in [2.05, 4.69) is 140 Å². The molecular formula is C49H29NO3. The van der Waals surface area contributed by atoms with Crippen LogP contribution in [0.2, 0.25) is 0 Å². The number of nitrogens with zero attached hydrogens (tertiary/aromatic N) is 1. The van der Waals surface area contributed by atoms with E-state index in [4.69, 9.17) is 18.2 Å². The van der Waals surface area contributed by atoms with Gasteiger partial charge in [0.05, 0.1) is 0 Å². The fourth-order valence-corrected chi connectivity index (χ4v) is 7.68. The zero-order valence-corrected chi connectivity index (χ0v) is 28.4. The Labute approximate surface area is 304 Å². The van der Waals surface area contributed by atoms with Crippen LogP contribution in [-0.2, 0) is 0 Å². The number of rotatable bonds is 5. The van der Waals surface area contributed by atoms with Crippen molar-refractivity contribution in [2.45, 2.75) is 0 Å². The van der Waals surface area contributed by atoms with E-state index in [0.29, 0.717) is 5.89 Å². The number of furan rings is 2. The van der Waals surface area contributed by atoms with E-state index >= 15 is 0 Å². The summed E-state index contributed by atoms with van der Waals surface area (Å²) in [6, 6.07) is 61.0. The number of hydrogen-bond acceptors (Lipinski definition) is 4. The van der Waals surface area contributed by atoms with Crippen LogP contribution < -0.4 is 0 Å². The van der Waals surface area contributed by atoms with E-state index in [9.17, 15) is 0 Å². The third-order valence-electron chi connectivity index (χ3n) is 10.3. The maximum atomic E-state index is 6.75. The van der Waals surface area contributed by atoms with Gasteiger partial charge in [0.2, 0.25) is 5.89 Å². The van der Waals surface area contributed by atoms with E-state index in [1.807, 2.05) is 36.4 Å². The summed E-state index contributed by atoms with van der Waals surface area (Å²) < 4.78 is 19.1. The normalized spacial score (nSPS) is 11.8. The van der Waals surface area contributed by atoms with E-state index in [0.717, 1.165) is 105 Å². The predicted molar refractivity (Wildman–Crippen MR) is 216 cm³/mol. The van der Waals surface area contributed by atoms with E-state index in [1.54, 1.807) is 0 Å². The van der Waals surface area contributed by atoms with Gasteiger partial charge in [0.1, 0.15) is 27.8 Å². The van der Waals surface area contributed by atoms with E-state index < -0.39 is 0 Å². The fourth-order valence-electron chi connectivity index (χ4n) is 7.68. The molecule has 0 aliphatic rings. The van der Waals surface area contributed by atoms with Crippen LogP contribution in [-0.4, -0.2) is 4.98 Å². The second-order valence-corrected chi connectivity index (χ2v) is 13.5. The number of aromatic nitrogens is 1. The molecule has 0 unspecified atom stereocenters. The maximum absolute atomic E-state index is 6.75. The average Bonchev–Trinajstić information content (AvgIpc) is 3.94. The Morgan fingerprint density at radius 2 is 0.774 bits per heavy atom. The van der Waals surface area contributed by atoms with Gasteiger partial charge in [0.25, 0.3) is 0 Å². The molecule has 0 aliphatic heterocycles. The van der Waals surface area contributed by atoms with Gasteiger partial charge in [-0.25, -0.2) is 4.98 Å². The molecule has 0 amide bonds. The first-order valence-electron chi connectivity index (χ1n) is 17.8. The van der Waals surface area contributed by atoms with Crippen molar-refractivity contribution in [3.63, 3.8) is 0 Å². The Hall–Kier alpha value is -7.17. The minimum Gasteiger partial charge on any atom is -0.456 e. The Kier molecular flexibility index (Phi) is 6.52. The van der Waals surface area contributed by atoms with Crippen molar-refractivity contribution in [2.24, 2.45) is 0 Å². The number of para-hydroxylation sites is 2. The zero-order valence-electron chi connectivity index (χ0n) is 28.4. The predicted octanol–water partition coefficient (Wildman–Crippen LogP) is 14.0. The lowest BCUT2D eigenvalue weighted by Gasteiger charge is -2.10. The molecule has 248 valence electrons. The summed E-state index contributed by atoms with van der Waals surface area (Å²) in [5.74, 6) is 0.565. The number of hydrogen-bond donors (Lipinski definition) is 0. The molecule has 4 heteroatoms. The number of benzene rings is 8. The highest BCUT2D eigenvalue weighted by Crippen LogP contribution is 2.41. The molecule has 11 rings (SSSR count). The third kappa shape index (κ3) is 4.95. The topological polar surface area (TPSA) is 52.3 Å². The monoisotopic (exact) mass is 679 g/mol. The third-order valence-corrected chi connectivity index (χ3v) is 10.3. The molecule has 8 aromatic carbocycles. The van der Waals surface area contributed by atoms with Gasteiger partial charge in [-0.3, -0.25) is 0 Å². The lowest BCUT2D eigenvalue weighted by Crippen LogP contribution is -1.87.